The predicted octanol–water partition coefficient (Wildman–Crippen LogP) is 3.58. The molecule has 0 heterocycles. The maximum atomic E-state index is 11.7. The van der Waals surface area contributed by atoms with Crippen LogP contribution in [-0.4, -0.2) is 30.4 Å². The zero-order chi connectivity index (χ0) is 19.6. The summed E-state index contributed by atoms with van der Waals surface area (Å²) in [6, 6.07) is 7.28. The van der Waals surface area contributed by atoms with Crippen LogP contribution >= 0.6 is 0 Å². The van der Waals surface area contributed by atoms with Gasteiger partial charge in [0, 0.05) is 23.8 Å². The molecule has 26 heavy (non-hydrogen) atoms. The molecule has 7 nitrogen and oxygen atoms in total. The molecule has 0 bridgehead atoms. The lowest BCUT2D eigenvalue weighted by atomic mass is 10.1. The zero-order valence-electron chi connectivity index (χ0n) is 16.1. The van der Waals surface area contributed by atoms with Gasteiger partial charge >= 0.3 is 12.2 Å². The fourth-order valence-electron chi connectivity index (χ4n) is 2.21. The molecule has 0 aliphatic rings. The molecule has 1 atom stereocenters. The third-order valence-corrected chi connectivity index (χ3v) is 3.51. The van der Waals surface area contributed by atoms with Crippen LogP contribution in [0.5, 0.6) is 0 Å². The third-order valence-electron chi connectivity index (χ3n) is 3.51. The maximum Gasteiger partial charge on any atom is 0.407 e. The van der Waals surface area contributed by atoms with E-state index in [2.05, 4.69) is 10.6 Å². The first-order valence-electron chi connectivity index (χ1n) is 8.91. The van der Waals surface area contributed by atoms with Gasteiger partial charge in [-0.05, 0) is 53.0 Å². The van der Waals surface area contributed by atoms with Crippen LogP contribution in [0.3, 0.4) is 0 Å². The molecule has 146 valence electrons. The Morgan fingerprint density at radius 2 is 1.85 bits per heavy atom. The molecule has 1 unspecified atom stereocenters. The fourth-order valence-corrected chi connectivity index (χ4v) is 2.21. The minimum atomic E-state index is -0.501. The van der Waals surface area contributed by atoms with E-state index in [1.807, 2.05) is 45.9 Å². The van der Waals surface area contributed by atoms with Crippen molar-refractivity contribution in [1.82, 2.24) is 10.6 Å². The number of benzene rings is 1. The zero-order valence-corrected chi connectivity index (χ0v) is 16.1. The lowest BCUT2D eigenvalue weighted by Gasteiger charge is -2.21. The summed E-state index contributed by atoms with van der Waals surface area (Å²) in [5.41, 5.74) is 6.68. The van der Waals surface area contributed by atoms with Crippen molar-refractivity contribution in [2.24, 2.45) is 0 Å². The number of amides is 2. The fraction of sp³-hybridized carbons (Fsp3) is 0.579. The van der Waals surface area contributed by atoms with Gasteiger partial charge in [-0.2, -0.15) is 0 Å². The van der Waals surface area contributed by atoms with Crippen molar-refractivity contribution in [1.29, 1.82) is 0 Å². The molecule has 0 saturated heterocycles. The monoisotopic (exact) mass is 365 g/mol. The second kappa shape index (κ2) is 10.5. The van der Waals surface area contributed by atoms with E-state index in [1.165, 1.54) is 0 Å². The summed E-state index contributed by atoms with van der Waals surface area (Å²) in [6.45, 7) is 8.07. The van der Waals surface area contributed by atoms with Crippen molar-refractivity contribution < 1.29 is 19.1 Å². The molecule has 0 aliphatic carbocycles. The van der Waals surface area contributed by atoms with Crippen molar-refractivity contribution in [3.8, 4) is 0 Å². The number of anilines is 1. The van der Waals surface area contributed by atoms with Gasteiger partial charge in [0.2, 0.25) is 0 Å². The van der Waals surface area contributed by atoms with Gasteiger partial charge in [0.1, 0.15) is 12.2 Å². The van der Waals surface area contributed by atoms with Crippen molar-refractivity contribution in [3.05, 3.63) is 29.8 Å². The summed E-state index contributed by atoms with van der Waals surface area (Å²) < 4.78 is 10.3. The first-order valence-corrected chi connectivity index (χ1v) is 8.91. The summed E-state index contributed by atoms with van der Waals surface area (Å²) in [7, 11) is 0. The number of nitrogens with one attached hydrogen (secondary N) is 2. The summed E-state index contributed by atoms with van der Waals surface area (Å²) in [6.07, 6.45) is 1.59. The van der Waals surface area contributed by atoms with Gasteiger partial charge in [0.05, 0.1) is 0 Å². The summed E-state index contributed by atoms with van der Waals surface area (Å²) in [5, 5.41) is 5.50. The largest absolute Gasteiger partial charge is 0.445 e. The Bertz CT molecular complexity index is 584. The minimum absolute atomic E-state index is 0.0119. The molecule has 0 radical (unpaired) electrons. The number of rotatable bonds is 8. The third kappa shape index (κ3) is 9.76. The molecule has 1 aromatic carbocycles. The smallest absolute Gasteiger partial charge is 0.407 e. The first kappa shape index (κ1) is 21.6. The van der Waals surface area contributed by atoms with E-state index in [-0.39, 0.29) is 12.6 Å². The number of hydrogen-bond acceptors (Lipinski definition) is 5. The quantitative estimate of drug-likeness (QED) is 0.483. The van der Waals surface area contributed by atoms with Gasteiger partial charge in [-0.3, -0.25) is 0 Å². The molecule has 4 N–H and O–H groups in total. The molecule has 0 saturated carbocycles. The number of carbonyl (C=O) groups excluding carboxylic acids is 2. The number of unbranched alkanes of at least 4 members (excludes halogenated alkanes) is 1. The normalized spacial score (nSPS) is 12.2. The number of para-hydroxylation sites is 1. The average Bonchev–Trinajstić information content (AvgIpc) is 2.51. The minimum Gasteiger partial charge on any atom is -0.445 e. The van der Waals surface area contributed by atoms with Gasteiger partial charge in [-0.15, -0.1) is 0 Å². The molecular formula is C19H31N3O4. The Hall–Kier alpha value is -2.44. The van der Waals surface area contributed by atoms with Crippen molar-refractivity contribution >= 4 is 17.9 Å². The van der Waals surface area contributed by atoms with E-state index in [1.54, 1.807) is 6.07 Å². The molecule has 0 aromatic heterocycles. The highest BCUT2D eigenvalue weighted by molar-refractivity contribution is 5.68. The number of nitrogen functional groups attached to an aromatic ring is 1. The topological polar surface area (TPSA) is 103 Å². The van der Waals surface area contributed by atoms with E-state index in [0.717, 1.165) is 24.8 Å². The van der Waals surface area contributed by atoms with Crippen LogP contribution in [0.4, 0.5) is 15.3 Å². The highest BCUT2D eigenvalue weighted by atomic mass is 16.6. The maximum absolute atomic E-state index is 11.7. The number of alkyl carbamates (subject to hydrolysis) is 2. The highest BCUT2D eigenvalue weighted by Crippen LogP contribution is 2.11. The Labute approximate surface area is 155 Å². The summed E-state index contributed by atoms with van der Waals surface area (Å²) in [5.74, 6) is 0. The van der Waals surface area contributed by atoms with Crippen LogP contribution in [0.2, 0.25) is 0 Å². The van der Waals surface area contributed by atoms with E-state index < -0.39 is 17.8 Å². The van der Waals surface area contributed by atoms with E-state index >= 15 is 0 Å². The van der Waals surface area contributed by atoms with Gasteiger partial charge in [0.15, 0.2) is 0 Å². The Morgan fingerprint density at radius 1 is 1.15 bits per heavy atom. The molecule has 0 spiro atoms. The first-order chi connectivity index (χ1) is 12.2. The molecule has 0 aliphatic heterocycles. The lowest BCUT2D eigenvalue weighted by molar-refractivity contribution is 0.0506. The second-order valence-corrected chi connectivity index (χ2v) is 7.24. The number of nitrogens with two attached hydrogens (primary N) is 1. The van der Waals surface area contributed by atoms with Gasteiger partial charge in [-0.25, -0.2) is 9.59 Å². The molecule has 1 aromatic rings. The van der Waals surface area contributed by atoms with Crippen LogP contribution in [-0.2, 0) is 16.1 Å². The number of ether oxygens (including phenoxy) is 2. The standard InChI is InChI=1S/C19H31N3O4/c1-14(22-18(24)26-19(2,3)4)9-7-8-12-21-17(23)25-13-15-10-5-6-11-16(15)20/h5-6,10-11,14H,7-9,12-13,20H2,1-4H3,(H,21,23)(H,22,24). The van der Waals surface area contributed by atoms with Crippen LogP contribution in [0.25, 0.3) is 0 Å². The van der Waals surface area contributed by atoms with Crippen LogP contribution in [0.1, 0.15) is 52.5 Å². The lowest BCUT2D eigenvalue weighted by Crippen LogP contribution is -2.37. The molecule has 1 rings (SSSR count). The Kier molecular flexibility index (Phi) is 8.75. The Balaban J connectivity index is 2.10. The van der Waals surface area contributed by atoms with Gasteiger partial charge < -0.3 is 25.8 Å². The molecule has 7 heteroatoms. The van der Waals surface area contributed by atoms with E-state index in [0.29, 0.717) is 12.2 Å². The number of carbonyl (C=O) groups is 2. The summed E-state index contributed by atoms with van der Waals surface area (Å²) in [4.78, 5) is 23.3. The molecular weight excluding hydrogens is 334 g/mol. The van der Waals surface area contributed by atoms with Crippen LogP contribution in [0, 0.1) is 0 Å². The van der Waals surface area contributed by atoms with Gasteiger partial charge in [-0.1, -0.05) is 18.2 Å². The predicted molar refractivity (Wildman–Crippen MR) is 102 cm³/mol. The SMILES string of the molecule is CC(CCCCNC(=O)OCc1ccccc1N)NC(=O)OC(C)(C)C. The summed E-state index contributed by atoms with van der Waals surface area (Å²) >= 11 is 0. The van der Waals surface area contributed by atoms with Crippen molar-refractivity contribution in [3.63, 3.8) is 0 Å². The van der Waals surface area contributed by atoms with Crippen molar-refractivity contribution in [2.75, 3.05) is 12.3 Å². The average molecular weight is 365 g/mol. The van der Waals surface area contributed by atoms with Crippen molar-refractivity contribution in [2.45, 2.75) is 65.2 Å². The second-order valence-electron chi connectivity index (χ2n) is 7.24. The van der Waals surface area contributed by atoms with E-state index in [9.17, 15) is 9.59 Å². The Morgan fingerprint density at radius 3 is 2.50 bits per heavy atom. The van der Waals surface area contributed by atoms with E-state index in [4.69, 9.17) is 15.2 Å². The number of hydrogen-bond donors (Lipinski definition) is 3. The van der Waals surface area contributed by atoms with Gasteiger partial charge in [0.25, 0.3) is 0 Å². The molecule has 2 amide bonds. The molecule has 0 fully saturated rings. The van der Waals surface area contributed by atoms with Crippen LogP contribution in [0.15, 0.2) is 24.3 Å². The van der Waals surface area contributed by atoms with Crippen LogP contribution < -0.4 is 16.4 Å². The highest BCUT2D eigenvalue weighted by Gasteiger charge is 2.17.